The fourth-order valence-electron chi connectivity index (χ4n) is 1.68. The summed E-state index contributed by atoms with van der Waals surface area (Å²) in [7, 11) is 0. The van der Waals surface area contributed by atoms with Gasteiger partial charge in [-0.3, -0.25) is 15.1 Å². The highest BCUT2D eigenvalue weighted by Crippen LogP contribution is 2.32. The van der Waals surface area contributed by atoms with E-state index in [-0.39, 0.29) is 16.8 Å². The second-order valence-electron chi connectivity index (χ2n) is 3.50. The van der Waals surface area contributed by atoms with E-state index < -0.39 is 10.9 Å². The minimum atomic E-state index is -1.21. The van der Waals surface area contributed by atoms with Crippen LogP contribution in [0.3, 0.4) is 0 Å². The highest BCUT2D eigenvalue weighted by Gasteiger charge is 2.22. The molecule has 0 aliphatic heterocycles. The maximum absolute atomic E-state index is 11.1. The zero-order valence-corrected chi connectivity index (χ0v) is 9.11. The van der Waals surface area contributed by atoms with E-state index >= 15 is 0 Å². The van der Waals surface area contributed by atoms with Crippen LogP contribution in [0.25, 0.3) is 11.1 Å². The Morgan fingerprint density at radius 2 is 2.06 bits per heavy atom. The van der Waals surface area contributed by atoms with E-state index in [2.05, 4.69) is 4.98 Å². The number of hydrogen-bond donors (Lipinski definition) is 1. The Morgan fingerprint density at radius 3 is 2.61 bits per heavy atom. The normalized spacial score (nSPS) is 10.0. The van der Waals surface area contributed by atoms with Gasteiger partial charge < -0.3 is 5.11 Å². The lowest BCUT2D eigenvalue weighted by Crippen LogP contribution is -2.03. The van der Waals surface area contributed by atoms with E-state index in [1.807, 2.05) is 0 Å². The molecule has 0 amide bonds. The Morgan fingerprint density at radius 1 is 1.28 bits per heavy atom. The lowest BCUT2D eigenvalue weighted by Gasteiger charge is -2.06. The molecule has 2 aromatic rings. The SMILES string of the molecule is O=C(O)c1cccc([N+](=O)[O-])c1-c1cccnc1. The first-order valence-corrected chi connectivity index (χ1v) is 5.02. The van der Waals surface area contributed by atoms with E-state index in [1.54, 1.807) is 12.1 Å². The predicted molar refractivity (Wildman–Crippen MR) is 63.3 cm³/mol. The summed E-state index contributed by atoms with van der Waals surface area (Å²) in [6, 6.07) is 7.13. The van der Waals surface area contributed by atoms with Crippen molar-refractivity contribution in [3.05, 3.63) is 58.4 Å². The van der Waals surface area contributed by atoms with Gasteiger partial charge in [0.1, 0.15) is 0 Å². The molecule has 0 aliphatic carbocycles. The molecule has 0 saturated carbocycles. The smallest absolute Gasteiger partial charge is 0.336 e. The van der Waals surface area contributed by atoms with Crippen LogP contribution in [-0.4, -0.2) is 21.0 Å². The first-order chi connectivity index (χ1) is 8.61. The summed E-state index contributed by atoms with van der Waals surface area (Å²) in [4.78, 5) is 25.3. The summed E-state index contributed by atoms with van der Waals surface area (Å²) in [6.45, 7) is 0. The minimum Gasteiger partial charge on any atom is -0.478 e. The summed E-state index contributed by atoms with van der Waals surface area (Å²) >= 11 is 0. The molecule has 1 aromatic carbocycles. The largest absolute Gasteiger partial charge is 0.478 e. The molecule has 0 aliphatic rings. The third-order valence-corrected chi connectivity index (χ3v) is 2.42. The fraction of sp³-hybridized carbons (Fsp3) is 0. The van der Waals surface area contributed by atoms with Gasteiger partial charge in [-0.15, -0.1) is 0 Å². The lowest BCUT2D eigenvalue weighted by atomic mass is 9.99. The van der Waals surface area contributed by atoms with Crippen molar-refractivity contribution in [3.8, 4) is 11.1 Å². The first-order valence-electron chi connectivity index (χ1n) is 5.02. The maximum atomic E-state index is 11.1. The van der Waals surface area contributed by atoms with Crippen LogP contribution in [-0.2, 0) is 0 Å². The third-order valence-electron chi connectivity index (χ3n) is 2.42. The molecular formula is C12H8N2O4. The molecule has 6 nitrogen and oxygen atoms in total. The molecule has 0 fully saturated rings. The first kappa shape index (κ1) is 11.7. The highest BCUT2D eigenvalue weighted by atomic mass is 16.6. The number of hydrogen-bond acceptors (Lipinski definition) is 4. The molecule has 18 heavy (non-hydrogen) atoms. The molecule has 1 aromatic heterocycles. The van der Waals surface area contributed by atoms with Crippen LogP contribution in [0.2, 0.25) is 0 Å². The molecule has 0 atom stereocenters. The Labute approximate surface area is 102 Å². The van der Waals surface area contributed by atoms with Crippen LogP contribution in [0.15, 0.2) is 42.7 Å². The van der Waals surface area contributed by atoms with Gasteiger partial charge in [-0.25, -0.2) is 4.79 Å². The monoisotopic (exact) mass is 244 g/mol. The Hall–Kier alpha value is -2.76. The maximum Gasteiger partial charge on any atom is 0.336 e. The molecule has 0 unspecified atom stereocenters. The molecule has 0 bridgehead atoms. The number of aromatic nitrogens is 1. The van der Waals surface area contributed by atoms with Crippen molar-refractivity contribution in [2.75, 3.05) is 0 Å². The average Bonchev–Trinajstić information content (AvgIpc) is 2.38. The van der Waals surface area contributed by atoms with Crippen molar-refractivity contribution in [2.45, 2.75) is 0 Å². The second kappa shape index (κ2) is 4.62. The lowest BCUT2D eigenvalue weighted by molar-refractivity contribution is -0.384. The molecular weight excluding hydrogens is 236 g/mol. The van der Waals surface area contributed by atoms with Gasteiger partial charge in [0, 0.05) is 24.0 Å². The van der Waals surface area contributed by atoms with Gasteiger partial charge in [-0.1, -0.05) is 12.1 Å². The van der Waals surface area contributed by atoms with Crippen LogP contribution in [0, 0.1) is 10.1 Å². The molecule has 6 heteroatoms. The summed E-state index contributed by atoms with van der Waals surface area (Å²) in [5.41, 5.74) is 0.116. The number of nitro benzene ring substituents is 1. The van der Waals surface area contributed by atoms with Gasteiger partial charge in [-0.2, -0.15) is 0 Å². The number of pyridine rings is 1. The number of nitro groups is 1. The van der Waals surface area contributed by atoms with Crippen LogP contribution in [0.4, 0.5) is 5.69 Å². The molecule has 1 N–H and O–H groups in total. The second-order valence-corrected chi connectivity index (χ2v) is 3.50. The molecule has 1 heterocycles. The van der Waals surface area contributed by atoms with E-state index in [1.165, 1.54) is 30.6 Å². The Balaban J connectivity index is 2.77. The number of nitrogens with zero attached hydrogens (tertiary/aromatic N) is 2. The summed E-state index contributed by atoms with van der Waals surface area (Å²) < 4.78 is 0. The standard InChI is InChI=1S/C12H8N2O4/c15-12(16)9-4-1-5-10(14(17)18)11(9)8-3-2-6-13-7-8/h1-7H,(H,15,16). The van der Waals surface area contributed by atoms with Crippen molar-refractivity contribution in [1.29, 1.82) is 0 Å². The van der Waals surface area contributed by atoms with Crippen LogP contribution >= 0.6 is 0 Å². The summed E-state index contributed by atoms with van der Waals surface area (Å²) in [5, 5.41) is 20.1. The van der Waals surface area contributed by atoms with Gasteiger partial charge in [0.2, 0.25) is 0 Å². The topological polar surface area (TPSA) is 93.3 Å². The number of rotatable bonds is 3. The fourth-order valence-corrected chi connectivity index (χ4v) is 1.68. The van der Waals surface area contributed by atoms with E-state index in [0.29, 0.717) is 5.56 Å². The predicted octanol–water partition coefficient (Wildman–Crippen LogP) is 2.35. The minimum absolute atomic E-state index is 0.0723. The average molecular weight is 244 g/mol. The zero-order chi connectivity index (χ0) is 13.1. The van der Waals surface area contributed by atoms with Gasteiger partial charge in [0.25, 0.3) is 5.69 Å². The van der Waals surface area contributed by atoms with Crippen molar-refractivity contribution in [3.63, 3.8) is 0 Å². The van der Waals surface area contributed by atoms with Crippen molar-refractivity contribution in [2.24, 2.45) is 0 Å². The quantitative estimate of drug-likeness (QED) is 0.660. The van der Waals surface area contributed by atoms with Gasteiger partial charge in [0.05, 0.1) is 16.1 Å². The number of carboxylic acids is 1. The third kappa shape index (κ3) is 2.03. The number of carboxylic acid groups (broad SMARTS) is 1. The molecule has 90 valence electrons. The Bertz CT molecular complexity index is 578. The van der Waals surface area contributed by atoms with Crippen molar-refractivity contribution < 1.29 is 14.8 Å². The van der Waals surface area contributed by atoms with E-state index in [4.69, 9.17) is 5.11 Å². The summed E-state index contributed by atoms with van der Waals surface area (Å²) in [5.74, 6) is -1.21. The number of benzene rings is 1. The highest BCUT2D eigenvalue weighted by molar-refractivity contribution is 5.98. The zero-order valence-electron chi connectivity index (χ0n) is 9.11. The van der Waals surface area contributed by atoms with Gasteiger partial charge >= 0.3 is 5.97 Å². The van der Waals surface area contributed by atoms with Crippen LogP contribution in [0.1, 0.15) is 10.4 Å². The van der Waals surface area contributed by atoms with Crippen LogP contribution in [0.5, 0.6) is 0 Å². The van der Waals surface area contributed by atoms with Gasteiger partial charge in [-0.05, 0) is 12.1 Å². The van der Waals surface area contributed by atoms with E-state index in [0.717, 1.165) is 0 Å². The van der Waals surface area contributed by atoms with Crippen LogP contribution < -0.4 is 0 Å². The number of aromatic carboxylic acids is 1. The van der Waals surface area contributed by atoms with Crippen molar-refractivity contribution >= 4 is 11.7 Å². The van der Waals surface area contributed by atoms with Crippen molar-refractivity contribution in [1.82, 2.24) is 4.98 Å². The number of carbonyl (C=O) groups is 1. The van der Waals surface area contributed by atoms with Gasteiger partial charge in [0.15, 0.2) is 0 Å². The van der Waals surface area contributed by atoms with E-state index in [9.17, 15) is 14.9 Å². The molecule has 0 saturated heterocycles. The molecule has 0 spiro atoms. The molecule has 0 radical (unpaired) electrons. The molecule has 2 rings (SSSR count). The summed E-state index contributed by atoms with van der Waals surface area (Å²) in [6.07, 6.45) is 2.91. The Kier molecular flexibility index (Phi) is 3.01.